The van der Waals surface area contributed by atoms with Crippen molar-refractivity contribution >= 4 is 46.1 Å². The highest BCUT2D eigenvalue weighted by atomic mass is 32.2. The third-order valence-electron chi connectivity index (χ3n) is 4.43. The first-order valence-electron chi connectivity index (χ1n) is 8.79. The lowest BCUT2D eigenvalue weighted by molar-refractivity contribution is -0.115. The molecule has 0 bridgehead atoms. The van der Waals surface area contributed by atoms with Gasteiger partial charge in [0.25, 0.3) is 0 Å². The number of hydrogen-bond donors (Lipinski definition) is 1. The third kappa shape index (κ3) is 3.94. The van der Waals surface area contributed by atoms with Crippen LogP contribution in [0.5, 0.6) is 0 Å². The van der Waals surface area contributed by atoms with Gasteiger partial charge in [0, 0.05) is 16.6 Å². The molecule has 5 heteroatoms. The van der Waals surface area contributed by atoms with E-state index < -0.39 is 0 Å². The SMILES string of the molecule is Cc1ccc2c(CC(=O)Nc3cccc(C4SCCCS4)c3)coc2c1. The van der Waals surface area contributed by atoms with Crippen LogP contribution in [-0.2, 0) is 11.2 Å². The predicted octanol–water partition coefficient (Wildman–Crippen LogP) is 5.79. The second-order valence-electron chi connectivity index (χ2n) is 6.54. The lowest BCUT2D eigenvalue weighted by Crippen LogP contribution is -2.14. The monoisotopic (exact) mass is 383 g/mol. The molecule has 1 aliphatic heterocycles. The standard InChI is InChI=1S/C21H21NO2S2/c1-14-6-7-18-16(13-24-19(18)10-14)12-20(23)22-17-5-2-4-15(11-17)21-25-8-3-9-26-21/h2,4-7,10-11,13,21H,3,8-9,12H2,1H3,(H,22,23). The van der Waals surface area contributed by atoms with Crippen molar-refractivity contribution in [3.05, 3.63) is 65.4 Å². The summed E-state index contributed by atoms with van der Waals surface area (Å²) in [4.78, 5) is 12.5. The number of carbonyl (C=O) groups excluding carboxylic acids is 1. The van der Waals surface area contributed by atoms with Gasteiger partial charge in [-0.05, 0) is 54.2 Å². The maximum Gasteiger partial charge on any atom is 0.228 e. The number of benzene rings is 2. The number of hydrogen-bond acceptors (Lipinski definition) is 4. The number of carbonyl (C=O) groups is 1. The molecule has 1 aromatic heterocycles. The molecule has 4 rings (SSSR count). The van der Waals surface area contributed by atoms with E-state index in [2.05, 4.69) is 17.4 Å². The Hall–Kier alpha value is -1.85. The lowest BCUT2D eigenvalue weighted by atomic mass is 10.1. The largest absolute Gasteiger partial charge is 0.464 e. The number of furan rings is 1. The predicted molar refractivity (Wildman–Crippen MR) is 112 cm³/mol. The molecule has 3 nitrogen and oxygen atoms in total. The Morgan fingerprint density at radius 3 is 2.88 bits per heavy atom. The molecule has 1 N–H and O–H groups in total. The molecular formula is C21H21NO2S2. The van der Waals surface area contributed by atoms with Gasteiger partial charge in [0.1, 0.15) is 5.58 Å². The molecule has 1 aliphatic rings. The average Bonchev–Trinajstić information content (AvgIpc) is 3.04. The zero-order valence-electron chi connectivity index (χ0n) is 14.7. The van der Waals surface area contributed by atoms with Crippen LogP contribution in [0.1, 0.15) is 27.7 Å². The number of aryl methyl sites for hydroxylation is 1. The fourth-order valence-corrected chi connectivity index (χ4v) is 6.02. The summed E-state index contributed by atoms with van der Waals surface area (Å²) in [5, 5.41) is 4.05. The lowest BCUT2D eigenvalue weighted by Gasteiger charge is -2.21. The minimum Gasteiger partial charge on any atom is -0.464 e. The van der Waals surface area contributed by atoms with E-state index in [1.165, 1.54) is 23.5 Å². The number of nitrogens with one attached hydrogen (secondary N) is 1. The molecule has 0 unspecified atom stereocenters. The van der Waals surface area contributed by atoms with Crippen LogP contribution in [-0.4, -0.2) is 17.4 Å². The number of thioether (sulfide) groups is 2. The highest BCUT2D eigenvalue weighted by Crippen LogP contribution is 2.44. The van der Waals surface area contributed by atoms with Crippen LogP contribution in [0.15, 0.2) is 53.1 Å². The quantitative estimate of drug-likeness (QED) is 0.619. The van der Waals surface area contributed by atoms with Gasteiger partial charge in [-0.2, -0.15) is 0 Å². The Morgan fingerprint density at radius 2 is 2.04 bits per heavy atom. The topological polar surface area (TPSA) is 42.2 Å². The highest BCUT2D eigenvalue weighted by Gasteiger charge is 2.17. The summed E-state index contributed by atoms with van der Waals surface area (Å²) < 4.78 is 6.07. The number of fused-ring (bicyclic) bond motifs is 1. The van der Waals surface area contributed by atoms with Gasteiger partial charge < -0.3 is 9.73 Å². The molecule has 134 valence electrons. The van der Waals surface area contributed by atoms with Gasteiger partial charge in [-0.3, -0.25) is 4.79 Å². The molecule has 2 heterocycles. The molecule has 0 aliphatic carbocycles. The van der Waals surface area contributed by atoms with Crippen LogP contribution >= 0.6 is 23.5 Å². The van der Waals surface area contributed by atoms with E-state index in [9.17, 15) is 4.79 Å². The first-order chi connectivity index (χ1) is 12.7. The van der Waals surface area contributed by atoms with Crippen molar-refractivity contribution in [2.24, 2.45) is 0 Å². The van der Waals surface area contributed by atoms with E-state index in [1.54, 1.807) is 6.26 Å². The summed E-state index contributed by atoms with van der Waals surface area (Å²) in [6.07, 6.45) is 3.28. The summed E-state index contributed by atoms with van der Waals surface area (Å²) in [5.74, 6) is 2.40. The van der Waals surface area contributed by atoms with E-state index in [0.717, 1.165) is 27.8 Å². The van der Waals surface area contributed by atoms with Crippen molar-refractivity contribution in [1.29, 1.82) is 0 Å². The molecule has 2 aromatic carbocycles. The second kappa shape index (κ2) is 7.80. The van der Waals surface area contributed by atoms with E-state index >= 15 is 0 Å². The van der Waals surface area contributed by atoms with Crippen LogP contribution in [0.4, 0.5) is 5.69 Å². The minimum atomic E-state index is -0.0191. The smallest absolute Gasteiger partial charge is 0.228 e. The summed E-state index contributed by atoms with van der Waals surface area (Å²) in [6, 6.07) is 14.3. The fourth-order valence-electron chi connectivity index (χ4n) is 3.15. The molecule has 1 saturated heterocycles. The fraction of sp³-hybridized carbons (Fsp3) is 0.286. The average molecular weight is 384 g/mol. The van der Waals surface area contributed by atoms with E-state index in [0.29, 0.717) is 11.0 Å². The van der Waals surface area contributed by atoms with Gasteiger partial charge in [0.2, 0.25) is 5.91 Å². The van der Waals surface area contributed by atoms with Gasteiger partial charge in [-0.25, -0.2) is 0 Å². The van der Waals surface area contributed by atoms with E-state index in [1.807, 2.05) is 60.8 Å². The molecule has 26 heavy (non-hydrogen) atoms. The van der Waals surface area contributed by atoms with Crippen LogP contribution in [0, 0.1) is 6.92 Å². The summed E-state index contributed by atoms with van der Waals surface area (Å²) in [6.45, 7) is 2.03. The van der Waals surface area contributed by atoms with Crippen molar-refractivity contribution < 1.29 is 9.21 Å². The molecule has 1 fully saturated rings. The molecule has 0 atom stereocenters. The van der Waals surface area contributed by atoms with Gasteiger partial charge in [-0.1, -0.05) is 24.3 Å². The van der Waals surface area contributed by atoms with Gasteiger partial charge in [0.05, 0.1) is 17.3 Å². The van der Waals surface area contributed by atoms with Crippen LogP contribution < -0.4 is 5.32 Å². The number of amides is 1. The highest BCUT2D eigenvalue weighted by molar-refractivity contribution is 8.16. The van der Waals surface area contributed by atoms with Gasteiger partial charge in [-0.15, -0.1) is 23.5 Å². The van der Waals surface area contributed by atoms with Crippen molar-refractivity contribution in [3.8, 4) is 0 Å². The molecule has 0 saturated carbocycles. The molecule has 3 aromatic rings. The van der Waals surface area contributed by atoms with Crippen molar-refractivity contribution in [2.75, 3.05) is 16.8 Å². The van der Waals surface area contributed by atoms with Crippen LogP contribution in [0.25, 0.3) is 11.0 Å². The van der Waals surface area contributed by atoms with Gasteiger partial charge >= 0.3 is 0 Å². The Kier molecular flexibility index (Phi) is 5.27. The van der Waals surface area contributed by atoms with Crippen molar-refractivity contribution in [3.63, 3.8) is 0 Å². The number of anilines is 1. The summed E-state index contributed by atoms with van der Waals surface area (Å²) >= 11 is 3.98. The molecule has 0 spiro atoms. The maximum absolute atomic E-state index is 12.5. The maximum atomic E-state index is 12.5. The zero-order valence-corrected chi connectivity index (χ0v) is 16.3. The van der Waals surface area contributed by atoms with Crippen molar-refractivity contribution in [2.45, 2.75) is 24.3 Å². The Balaban J connectivity index is 1.46. The summed E-state index contributed by atoms with van der Waals surface area (Å²) in [7, 11) is 0. The van der Waals surface area contributed by atoms with Gasteiger partial charge in [0.15, 0.2) is 0 Å². The Labute approximate surface area is 161 Å². The normalized spacial score (nSPS) is 15.3. The van der Waals surface area contributed by atoms with Crippen LogP contribution in [0.3, 0.4) is 0 Å². The van der Waals surface area contributed by atoms with Crippen molar-refractivity contribution in [1.82, 2.24) is 0 Å². The van der Waals surface area contributed by atoms with E-state index in [4.69, 9.17) is 4.42 Å². The van der Waals surface area contributed by atoms with E-state index in [-0.39, 0.29) is 5.91 Å². The first kappa shape index (κ1) is 17.6. The molecular weight excluding hydrogens is 362 g/mol. The first-order valence-corrected chi connectivity index (χ1v) is 10.9. The summed E-state index contributed by atoms with van der Waals surface area (Å²) in [5.41, 5.74) is 5.05. The van der Waals surface area contributed by atoms with Crippen LogP contribution in [0.2, 0.25) is 0 Å². The minimum absolute atomic E-state index is 0.0191. The Morgan fingerprint density at radius 1 is 1.19 bits per heavy atom. The second-order valence-corrected chi connectivity index (χ2v) is 9.26. The number of rotatable bonds is 4. The third-order valence-corrected chi connectivity index (χ3v) is 7.45. The molecule has 0 radical (unpaired) electrons. The zero-order chi connectivity index (χ0) is 17.9. The Bertz CT molecular complexity index is 929. The molecule has 1 amide bonds.